The number of likely N-dealkylation sites (tertiary alicyclic amines) is 1. The Morgan fingerprint density at radius 1 is 1.05 bits per heavy atom. The van der Waals surface area contributed by atoms with Crippen LogP contribution in [0.3, 0.4) is 0 Å². The molecule has 1 fully saturated rings. The average Bonchev–Trinajstić information content (AvgIpc) is 2.88. The van der Waals surface area contributed by atoms with E-state index in [2.05, 4.69) is 12.1 Å². The lowest BCUT2D eigenvalue weighted by Gasteiger charge is -2.43. The van der Waals surface area contributed by atoms with Crippen molar-refractivity contribution < 1.29 is 23.8 Å². The summed E-state index contributed by atoms with van der Waals surface area (Å²) < 4.78 is 17.3. The van der Waals surface area contributed by atoms with Crippen molar-refractivity contribution in [3.8, 4) is 5.75 Å². The summed E-state index contributed by atoms with van der Waals surface area (Å²) >= 11 is 0. The number of amides is 2. The highest BCUT2D eigenvalue weighted by atomic mass is 16.6. The number of benzene rings is 2. The normalized spacial score (nSPS) is 16.5. The summed E-state index contributed by atoms with van der Waals surface area (Å²) in [5.41, 5.74) is 2.76. The van der Waals surface area contributed by atoms with Crippen LogP contribution in [0.5, 0.6) is 5.75 Å². The summed E-state index contributed by atoms with van der Waals surface area (Å²) in [6, 6.07) is 15.8. The maximum atomic E-state index is 13.0. The lowest BCUT2D eigenvalue weighted by molar-refractivity contribution is -0.00117. The van der Waals surface area contributed by atoms with Crippen LogP contribution in [0.1, 0.15) is 62.0 Å². The Balaban J connectivity index is 1.57. The van der Waals surface area contributed by atoms with Gasteiger partial charge in [0, 0.05) is 57.3 Å². The van der Waals surface area contributed by atoms with Crippen molar-refractivity contribution in [2.75, 3.05) is 39.9 Å². The van der Waals surface area contributed by atoms with E-state index in [-0.39, 0.29) is 12.0 Å². The number of rotatable bonds is 6. The molecule has 1 saturated heterocycles. The predicted octanol–water partition coefficient (Wildman–Crippen LogP) is 5.39. The minimum atomic E-state index is -0.523. The summed E-state index contributed by atoms with van der Waals surface area (Å²) in [5, 5.41) is 0. The highest BCUT2D eigenvalue weighted by Crippen LogP contribution is 2.43. The first-order valence-electron chi connectivity index (χ1n) is 13.0. The molecular formula is C30H38N2O5. The second-order valence-corrected chi connectivity index (χ2v) is 10.6. The third kappa shape index (κ3) is 6.16. The van der Waals surface area contributed by atoms with Gasteiger partial charge in [0.2, 0.25) is 0 Å². The summed E-state index contributed by atoms with van der Waals surface area (Å²) in [5.74, 6) is 0.834. The molecule has 2 aliphatic rings. The fraction of sp³-hybridized carbons (Fsp3) is 0.467. The van der Waals surface area contributed by atoms with Gasteiger partial charge in [0.15, 0.2) is 0 Å². The zero-order chi connectivity index (χ0) is 26.6. The van der Waals surface area contributed by atoms with Crippen LogP contribution in [0.2, 0.25) is 0 Å². The summed E-state index contributed by atoms with van der Waals surface area (Å²) in [4.78, 5) is 29.1. The molecule has 198 valence electrons. The fourth-order valence-corrected chi connectivity index (χ4v) is 4.83. The van der Waals surface area contributed by atoms with E-state index >= 15 is 0 Å². The van der Waals surface area contributed by atoms with E-state index in [4.69, 9.17) is 14.2 Å². The number of hydrogen-bond donors (Lipinski definition) is 0. The van der Waals surface area contributed by atoms with Crippen LogP contribution in [-0.2, 0) is 9.47 Å². The topological polar surface area (TPSA) is 68.3 Å². The summed E-state index contributed by atoms with van der Waals surface area (Å²) in [6.07, 6.45) is 3.27. The van der Waals surface area contributed by atoms with E-state index in [9.17, 15) is 9.59 Å². The third-order valence-corrected chi connectivity index (χ3v) is 6.84. The van der Waals surface area contributed by atoms with E-state index in [1.165, 1.54) is 0 Å². The molecular weight excluding hydrogens is 468 g/mol. The molecule has 7 nitrogen and oxygen atoms in total. The molecule has 0 unspecified atom stereocenters. The zero-order valence-electron chi connectivity index (χ0n) is 22.6. The number of carbonyl (C=O) groups excluding carboxylic acids is 2. The smallest absolute Gasteiger partial charge is 0.410 e. The minimum Gasteiger partial charge on any atom is -0.482 e. The number of ether oxygens (including phenoxy) is 3. The molecule has 2 heterocycles. The van der Waals surface area contributed by atoms with Gasteiger partial charge in [-0.3, -0.25) is 4.79 Å². The maximum absolute atomic E-state index is 13.0. The Morgan fingerprint density at radius 3 is 2.35 bits per heavy atom. The van der Waals surface area contributed by atoms with Crippen molar-refractivity contribution >= 4 is 17.6 Å². The van der Waals surface area contributed by atoms with Crippen LogP contribution in [0, 0.1) is 0 Å². The van der Waals surface area contributed by atoms with Crippen molar-refractivity contribution in [3.05, 3.63) is 71.3 Å². The first-order valence-corrected chi connectivity index (χ1v) is 13.0. The molecule has 0 saturated carbocycles. The number of para-hydroxylation sites is 1. The highest BCUT2D eigenvalue weighted by molar-refractivity contribution is 5.95. The molecule has 0 aliphatic carbocycles. The van der Waals surface area contributed by atoms with Gasteiger partial charge in [-0.2, -0.15) is 0 Å². The Morgan fingerprint density at radius 2 is 1.73 bits per heavy atom. The highest BCUT2D eigenvalue weighted by Gasteiger charge is 2.40. The van der Waals surface area contributed by atoms with Crippen LogP contribution in [0.4, 0.5) is 4.79 Å². The minimum absolute atomic E-state index is 0.00144. The van der Waals surface area contributed by atoms with Crippen LogP contribution in [0.25, 0.3) is 5.57 Å². The van der Waals surface area contributed by atoms with Crippen LogP contribution in [-0.4, -0.2) is 72.9 Å². The monoisotopic (exact) mass is 506 g/mol. The van der Waals surface area contributed by atoms with Crippen LogP contribution >= 0.6 is 0 Å². The molecule has 0 bridgehead atoms. The van der Waals surface area contributed by atoms with Crippen molar-refractivity contribution in [2.24, 2.45) is 0 Å². The van der Waals surface area contributed by atoms with Gasteiger partial charge in [-0.25, -0.2) is 4.79 Å². The van der Waals surface area contributed by atoms with Crippen LogP contribution in [0.15, 0.2) is 54.6 Å². The van der Waals surface area contributed by atoms with E-state index in [1.54, 1.807) is 16.9 Å². The van der Waals surface area contributed by atoms with Gasteiger partial charge in [-0.15, -0.1) is 0 Å². The second-order valence-electron chi connectivity index (χ2n) is 10.6. The van der Waals surface area contributed by atoms with Gasteiger partial charge in [0.05, 0.1) is 6.61 Å². The van der Waals surface area contributed by atoms with Gasteiger partial charge >= 0.3 is 6.09 Å². The molecule has 37 heavy (non-hydrogen) atoms. The van der Waals surface area contributed by atoms with E-state index < -0.39 is 11.2 Å². The molecule has 7 heteroatoms. The van der Waals surface area contributed by atoms with E-state index in [1.807, 2.05) is 70.2 Å². The number of piperidine rings is 1. The number of nitrogens with zero attached hydrogens (tertiary/aromatic N) is 2. The molecule has 0 N–H and O–H groups in total. The SMILES string of the molecule is CCN(CCOC)C(=O)c1ccc(C2=CC3(CCN(C(=O)OC(C)(C)C)CC3)Oc3ccccc32)cc1. The zero-order valence-corrected chi connectivity index (χ0v) is 22.6. The van der Waals surface area contributed by atoms with Gasteiger partial charge in [0.25, 0.3) is 5.91 Å². The molecule has 2 aliphatic heterocycles. The number of hydrogen-bond acceptors (Lipinski definition) is 5. The van der Waals surface area contributed by atoms with Crippen LogP contribution < -0.4 is 4.74 Å². The molecule has 1 spiro atoms. The Kier molecular flexibility index (Phi) is 7.93. The van der Waals surface area contributed by atoms with E-state index in [0.717, 1.165) is 22.4 Å². The van der Waals surface area contributed by atoms with Crippen molar-refractivity contribution in [3.63, 3.8) is 0 Å². The largest absolute Gasteiger partial charge is 0.482 e. The molecule has 4 rings (SSSR count). The standard InChI is InChI=1S/C30H38N2O5/c1-6-31(19-20-35-5)27(33)23-13-11-22(12-14-23)25-21-30(36-26-10-8-7-9-24(25)26)15-17-32(18-16-30)28(34)37-29(2,3)4/h7-14,21H,6,15-20H2,1-5H3. The molecule has 0 aromatic heterocycles. The van der Waals surface area contributed by atoms with E-state index in [0.29, 0.717) is 51.2 Å². The number of carbonyl (C=O) groups is 2. The van der Waals surface area contributed by atoms with Gasteiger partial charge in [-0.1, -0.05) is 30.3 Å². The lowest BCUT2D eigenvalue weighted by atomic mass is 9.83. The number of methoxy groups -OCH3 is 1. The first-order chi connectivity index (χ1) is 17.6. The Bertz CT molecular complexity index is 1140. The van der Waals surface area contributed by atoms with Gasteiger partial charge < -0.3 is 24.0 Å². The first kappa shape index (κ1) is 26.7. The van der Waals surface area contributed by atoms with Crippen molar-refractivity contribution in [2.45, 2.75) is 51.7 Å². The third-order valence-electron chi connectivity index (χ3n) is 6.84. The Labute approximate surface area is 220 Å². The summed E-state index contributed by atoms with van der Waals surface area (Å²) in [6.45, 7) is 10.4. The average molecular weight is 507 g/mol. The Hall–Kier alpha value is -3.32. The molecule has 2 aromatic carbocycles. The lowest BCUT2D eigenvalue weighted by Crippen LogP contribution is -2.50. The predicted molar refractivity (Wildman–Crippen MR) is 144 cm³/mol. The van der Waals surface area contributed by atoms with Crippen molar-refractivity contribution in [1.82, 2.24) is 9.80 Å². The summed E-state index contributed by atoms with van der Waals surface area (Å²) in [7, 11) is 1.64. The van der Waals surface area contributed by atoms with Gasteiger partial charge in [0.1, 0.15) is 17.0 Å². The maximum Gasteiger partial charge on any atom is 0.410 e. The van der Waals surface area contributed by atoms with Gasteiger partial charge in [-0.05, 0) is 63.1 Å². The van der Waals surface area contributed by atoms with Crippen molar-refractivity contribution in [1.29, 1.82) is 0 Å². The fourth-order valence-electron chi connectivity index (χ4n) is 4.83. The second kappa shape index (κ2) is 11.0. The molecule has 2 aromatic rings. The molecule has 0 atom stereocenters. The molecule has 0 radical (unpaired) electrons. The molecule has 2 amide bonds. The number of fused-ring (bicyclic) bond motifs is 1. The number of likely N-dealkylation sites (N-methyl/N-ethyl adjacent to an activating group) is 1. The quantitative estimate of drug-likeness (QED) is 0.526.